The Morgan fingerprint density at radius 1 is 1.22 bits per heavy atom. The topological polar surface area (TPSA) is 91.7 Å². The molecule has 7 nitrogen and oxygen atoms in total. The van der Waals surface area contributed by atoms with Crippen LogP contribution in [0.1, 0.15) is 69.3 Å². The van der Waals surface area contributed by atoms with Gasteiger partial charge in [0.15, 0.2) is 5.58 Å². The molecule has 0 saturated carbocycles. The molecular formula is C30H34N4O3. The number of aliphatic imine (C=N–C) groups is 1. The third-order valence-corrected chi connectivity index (χ3v) is 6.51. The lowest BCUT2D eigenvalue weighted by atomic mass is 9.91. The highest BCUT2D eigenvalue weighted by Crippen LogP contribution is 2.33. The number of carbonyl (C=O) groups is 1. The average molecular weight is 499 g/mol. The van der Waals surface area contributed by atoms with Crippen LogP contribution in [0.25, 0.3) is 17.0 Å². The zero-order valence-electron chi connectivity index (χ0n) is 22.0. The molecule has 3 aromatic rings. The number of hydrogen-bond acceptors (Lipinski definition) is 6. The quantitative estimate of drug-likeness (QED) is 0.339. The number of nitriles is 1. The van der Waals surface area contributed by atoms with Crippen LogP contribution in [0.15, 0.2) is 52.0 Å². The van der Waals surface area contributed by atoms with Gasteiger partial charge in [-0.15, -0.1) is 0 Å². The van der Waals surface area contributed by atoms with Gasteiger partial charge in [0.05, 0.1) is 23.0 Å². The Bertz CT molecular complexity index is 1330. The van der Waals surface area contributed by atoms with Gasteiger partial charge in [0.25, 0.3) is 0 Å². The van der Waals surface area contributed by atoms with Crippen LogP contribution in [0, 0.1) is 17.2 Å². The summed E-state index contributed by atoms with van der Waals surface area (Å²) < 4.78 is 11.3. The van der Waals surface area contributed by atoms with Crippen LogP contribution >= 0.6 is 0 Å². The van der Waals surface area contributed by atoms with E-state index < -0.39 is 5.60 Å². The SMILES string of the molecule is C/C=C/c1c(N=Cc2ccc(C#N)cc2)ccc2c(CCC3CCN(C(=O)OC(C)(C)C)CC3)noc12. The number of aromatic nitrogens is 1. The highest BCUT2D eigenvalue weighted by atomic mass is 16.6. The molecule has 7 heteroatoms. The number of likely N-dealkylation sites (tertiary alicyclic amines) is 1. The third-order valence-electron chi connectivity index (χ3n) is 6.51. The summed E-state index contributed by atoms with van der Waals surface area (Å²) in [5.74, 6) is 0.539. The van der Waals surface area contributed by atoms with Gasteiger partial charge in [-0.3, -0.25) is 4.99 Å². The number of rotatable bonds is 6. The van der Waals surface area contributed by atoms with Gasteiger partial charge in [-0.25, -0.2) is 4.79 Å². The minimum atomic E-state index is -0.470. The van der Waals surface area contributed by atoms with Gasteiger partial charge in [-0.2, -0.15) is 5.26 Å². The number of fused-ring (bicyclic) bond motifs is 1. The molecule has 1 amide bonds. The lowest BCUT2D eigenvalue weighted by Gasteiger charge is -2.33. The van der Waals surface area contributed by atoms with E-state index in [4.69, 9.17) is 14.5 Å². The van der Waals surface area contributed by atoms with Crippen molar-refractivity contribution in [3.63, 3.8) is 0 Å². The van der Waals surface area contributed by atoms with Crippen LogP contribution in [-0.2, 0) is 11.2 Å². The van der Waals surface area contributed by atoms with Crippen molar-refractivity contribution in [2.45, 2.75) is 59.0 Å². The Morgan fingerprint density at radius 3 is 2.59 bits per heavy atom. The maximum absolute atomic E-state index is 12.3. The van der Waals surface area contributed by atoms with Crippen LogP contribution in [0.4, 0.5) is 10.5 Å². The first-order chi connectivity index (χ1) is 17.8. The molecule has 0 spiro atoms. The number of benzene rings is 2. The van der Waals surface area contributed by atoms with Gasteiger partial charge in [0.2, 0.25) is 0 Å². The molecule has 1 aromatic heterocycles. The molecular weight excluding hydrogens is 464 g/mol. The Morgan fingerprint density at radius 2 is 1.95 bits per heavy atom. The maximum atomic E-state index is 12.3. The Balaban J connectivity index is 1.42. The molecule has 0 unspecified atom stereocenters. The smallest absolute Gasteiger partial charge is 0.410 e. The molecule has 1 saturated heterocycles. The van der Waals surface area contributed by atoms with Crippen molar-refractivity contribution in [3.8, 4) is 6.07 Å². The zero-order chi connectivity index (χ0) is 26.4. The molecule has 2 aromatic carbocycles. The first kappa shape index (κ1) is 26.2. The first-order valence-corrected chi connectivity index (χ1v) is 12.8. The van der Waals surface area contributed by atoms with Gasteiger partial charge in [0, 0.05) is 30.3 Å². The van der Waals surface area contributed by atoms with E-state index in [1.54, 1.807) is 18.3 Å². The van der Waals surface area contributed by atoms with Crippen LogP contribution < -0.4 is 0 Å². The molecule has 4 rings (SSSR count). The van der Waals surface area contributed by atoms with E-state index in [2.05, 4.69) is 16.2 Å². The molecule has 0 N–H and O–H groups in total. The number of nitrogens with zero attached hydrogens (tertiary/aromatic N) is 4. The summed E-state index contributed by atoms with van der Waals surface area (Å²) >= 11 is 0. The van der Waals surface area contributed by atoms with Gasteiger partial charge >= 0.3 is 6.09 Å². The minimum absolute atomic E-state index is 0.220. The second-order valence-corrected chi connectivity index (χ2v) is 10.4. The van der Waals surface area contributed by atoms with Crippen molar-refractivity contribution < 1.29 is 14.1 Å². The number of ether oxygens (including phenoxy) is 1. The van der Waals surface area contributed by atoms with Crippen molar-refractivity contribution in [1.82, 2.24) is 10.1 Å². The average Bonchev–Trinajstić information content (AvgIpc) is 3.30. The third kappa shape index (κ3) is 6.65. The Labute approximate surface area is 218 Å². The lowest BCUT2D eigenvalue weighted by molar-refractivity contribution is 0.0181. The van der Waals surface area contributed by atoms with Crippen molar-refractivity contribution in [2.24, 2.45) is 10.9 Å². The Kier molecular flexibility index (Phi) is 8.08. The number of carbonyl (C=O) groups excluding carboxylic acids is 1. The minimum Gasteiger partial charge on any atom is -0.444 e. The van der Waals surface area contributed by atoms with E-state index >= 15 is 0 Å². The molecule has 2 heterocycles. The highest BCUT2D eigenvalue weighted by molar-refractivity contribution is 5.94. The predicted octanol–water partition coefficient (Wildman–Crippen LogP) is 7.06. The molecule has 0 atom stereocenters. The zero-order valence-corrected chi connectivity index (χ0v) is 22.0. The van der Waals surface area contributed by atoms with E-state index in [0.29, 0.717) is 11.5 Å². The summed E-state index contributed by atoms with van der Waals surface area (Å²) in [6, 6.07) is 13.5. The molecule has 0 radical (unpaired) electrons. The number of allylic oxidation sites excluding steroid dienone is 1. The number of aryl methyl sites for hydroxylation is 1. The van der Waals surface area contributed by atoms with Gasteiger partial charge in [0.1, 0.15) is 5.60 Å². The molecule has 1 fully saturated rings. The second kappa shape index (κ2) is 11.4. The molecule has 37 heavy (non-hydrogen) atoms. The number of piperidine rings is 1. The molecule has 1 aliphatic rings. The maximum Gasteiger partial charge on any atom is 0.410 e. The molecule has 1 aliphatic heterocycles. The standard InChI is InChI=1S/C30H34N4O3/c1-5-6-24-26(32-20-23-9-7-22(19-31)8-10-23)14-12-25-27(33-37-28(24)25)13-11-21-15-17-34(18-16-21)29(35)36-30(2,3)4/h5-10,12,14,20-21H,11,13,15-18H2,1-4H3/b6-5+,32-20?. The fourth-order valence-corrected chi connectivity index (χ4v) is 4.54. The summed E-state index contributed by atoms with van der Waals surface area (Å²) in [4.78, 5) is 18.8. The fourth-order valence-electron chi connectivity index (χ4n) is 4.54. The highest BCUT2D eigenvalue weighted by Gasteiger charge is 2.27. The van der Waals surface area contributed by atoms with Crippen molar-refractivity contribution in [2.75, 3.05) is 13.1 Å². The summed E-state index contributed by atoms with van der Waals surface area (Å²) in [5, 5.41) is 14.4. The van der Waals surface area contributed by atoms with E-state index in [1.165, 1.54) is 0 Å². The van der Waals surface area contributed by atoms with E-state index in [1.807, 2.05) is 69.0 Å². The second-order valence-electron chi connectivity index (χ2n) is 10.4. The monoisotopic (exact) mass is 498 g/mol. The molecule has 0 aliphatic carbocycles. The van der Waals surface area contributed by atoms with Crippen LogP contribution in [0.3, 0.4) is 0 Å². The van der Waals surface area contributed by atoms with Gasteiger partial charge in [-0.1, -0.05) is 29.4 Å². The lowest BCUT2D eigenvalue weighted by Crippen LogP contribution is -2.41. The van der Waals surface area contributed by atoms with Crippen LogP contribution in [0.5, 0.6) is 0 Å². The fraction of sp³-hybridized carbons (Fsp3) is 0.400. The van der Waals surface area contributed by atoms with Crippen LogP contribution in [-0.4, -0.2) is 41.1 Å². The van der Waals surface area contributed by atoms with Crippen molar-refractivity contribution >= 4 is 35.0 Å². The predicted molar refractivity (Wildman–Crippen MR) is 146 cm³/mol. The van der Waals surface area contributed by atoms with E-state index in [9.17, 15) is 4.79 Å². The van der Waals surface area contributed by atoms with Crippen molar-refractivity contribution in [3.05, 3.63) is 64.9 Å². The van der Waals surface area contributed by atoms with Crippen molar-refractivity contribution in [1.29, 1.82) is 5.26 Å². The summed E-state index contributed by atoms with van der Waals surface area (Å²) in [6.45, 7) is 9.11. The van der Waals surface area contributed by atoms with E-state index in [0.717, 1.165) is 72.3 Å². The van der Waals surface area contributed by atoms with Crippen LogP contribution in [0.2, 0.25) is 0 Å². The van der Waals surface area contributed by atoms with Gasteiger partial charge < -0.3 is 14.2 Å². The number of hydrogen-bond donors (Lipinski definition) is 0. The Hall–Kier alpha value is -3.92. The largest absolute Gasteiger partial charge is 0.444 e. The molecule has 192 valence electrons. The normalized spacial score (nSPS) is 15.1. The number of amides is 1. The van der Waals surface area contributed by atoms with E-state index in [-0.39, 0.29) is 6.09 Å². The van der Waals surface area contributed by atoms with Gasteiger partial charge in [-0.05, 0) is 89.1 Å². The first-order valence-electron chi connectivity index (χ1n) is 12.8. The summed E-state index contributed by atoms with van der Waals surface area (Å²) in [7, 11) is 0. The summed E-state index contributed by atoms with van der Waals surface area (Å²) in [6.07, 6.45) is 9.29. The molecule has 0 bridgehead atoms. The summed E-state index contributed by atoms with van der Waals surface area (Å²) in [5.41, 5.74) is 4.46.